The number of nitrogens with zero attached hydrogens (tertiary/aromatic N) is 1. The average Bonchev–Trinajstić information content (AvgIpc) is 2.34. The molecular weight excluding hydrogens is 340 g/mol. The van der Waals surface area contributed by atoms with Gasteiger partial charge in [-0.25, -0.2) is 0 Å². The van der Waals surface area contributed by atoms with Crippen molar-refractivity contribution in [2.45, 2.75) is 26.7 Å². The third kappa shape index (κ3) is 6.12. The molecule has 1 rings (SSSR count). The van der Waals surface area contributed by atoms with Crippen molar-refractivity contribution in [3.63, 3.8) is 0 Å². The zero-order valence-electron chi connectivity index (χ0n) is 12.0. The van der Waals surface area contributed by atoms with Gasteiger partial charge in [-0.05, 0) is 30.4 Å². The van der Waals surface area contributed by atoms with Gasteiger partial charge in [0.1, 0.15) is 5.69 Å². The molecule has 0 fully saturated rings. The van der Waals surface area contributed by atoms with Crippen LogP contribution in [0, 0.1) is 22.0 Å². The van der Waals surface area contributed by atoms with Crippen molar-refractivity contribution in [3.8, 4) is 0 Å². The lowest BCUT2D eigenvalue weighted by Crippen LogP contribution is -2.20. The number of nitrogens with one attached hydrogen (secondary N) is 1. The maximum atomic E-state index is 11.0. The largest absolute Gasteiger partial charge is 0.481 e. The van der Waals surface area contributed by atoms with Crippen LogP contribution >= 0.6 is 15.9 Å². The van der Waals surface area contributed by atoms with Gasteiger partial charge in [0.15, 0.2) is 0 Å². The highest BCUT2D eigenvalue weighted by Crippen LogP contribution is 2.28. The van der Waals surface area contributed by atoms with Gasteiger partial charge >= 0.3 is 5.97 Å². The van der Waals surface area contributed by atoms with E-state index >= 15 is 0 Å². The average molecular weight is 359 g/mol. The molecule has 0 amide bonds. The van der Waals surface area contributed by atoms with Crippen LogP contribution in [0.25, 0.3) is 0 Å². The Balaban J connectivity index is 2.81. The number of carbonyl (C=O) groups is 1. The Kier molecular flexibility index (Phi) is 6.61. The monoisotopic (exact) mass is 358 g/mol. The van der Waals surface area contributed by atoms with E-state index in [-0.39, 0.29) is 18.0 Å². The summed E-state index contributed by atoms with van der Waals surface area (Å²) >= 11 is 3.28. The zero-order valence-corrected chi connectivity index (χ0v) is 13.6. The minimum absolute atomic E-state index is 0.0168. The van der Waals surface area contributed by atoms with E-state index in [1.54, 1.807) is 12.1 Å². The molecule has 7 heteroatoms. The molecule has 21 heavy (non-hydrogen) atoms. The summed E-state index contributed by atoms with van der Waals surface area (Å²) in [6, 6.07) is 4.65. The van der Waals surface area contributed by atoms with Crippen molar-refractivity contribution in [3.05, 3.63) is 32.8 Å². The molecule has 1 aromatic rings. The summed E-state index contributed by atoms with van der Waals surface area (Å²) in [7, 11) is 0. The normalized spacial score (nSPS) is 12.2. The number of benzene rings is 1. The molecule has 0 bridgehead atoms. The van der Waals surface area contributed by atoms with Crippen LogP contribution < -0.4 is 5.32 Å². The van der Waals surface area contributed by atoms with Gasteiger partial charge in [-0.3, -0.25) is 14.9 Å². The minimum atomic E-state index is -0.855. The van der Waals surface area contributed by atoms with E-state index in [0.717, 1.165) is 10.9 Å². The highest BCUT2D eigenvalue weighted by molar-refractivity contribution is 9.10. The van der Waals surface area contributed by atoms with Crippen LogP contribution in [-0.4, -0.2) is 22.5 Å². The van der Waals surface area contributed by atoms with Crippen LogP contribution in [0.4, 0.5) is 11.4 Å². The van der Waals surface area contributed by atoms with Crippen LogP contribution in [0.15, 0.2) is 22.7 Å². The van der Waals surface area contributed by atoms with E-state index < -0.39 is 10.9 Å². The maximum Gasteiger partial charge on any atom is 0.303 e. The Labute approximate surface area is 131 Å². The van der Waals surface area contributed by atoms with E-state index in [0.29, 0.717) is 18.2 Å². The molecule has 0 aliphatic rings. The quantitative estimate of drug-likeness (QED) is 0.542. The van der Waals surface area contributed by atoms with Crippen molar-refractivity contribution in [1.82, 2.24) is 0 Å². The first kappa shape index (κ1) is 17.4. The van der Waals surface area contributed by atoms with E-state index in [1.165, 1.54) is 6.07 Å². The topological polar surface area (TPSA) is 92.5 Å². The van der Waals surface area contributed by atoms with Gasteiger partial charge < -0.3 is 10.4 Å². The fourth-order valence-corrected chi connectivity index (χ4v) is 2.58. The second-order valence-electron chi connectivity index (χ2n) is 5.39. The number of nitro groups is 1. The number of carboxylic acids is 1. The molecule has 2 N–H and O–H groups in total. The summed E-state index contributed by atoms with van der Waals surface area (Å²) in [5.74, 6) is -0.555. The molecule has 116 valence electrons. The Hall–Kier alpha value is -1.63. The molecule has 1 atom stereocenters. The minimum Gasteiger partial charge on any atom is -0.481 e. The lowest BCUT2D eigenvalue weighted by atomic mass is 9.94. The Bertz CT molecular complexity index is 520. The summed E-state index contributed by atoms with van der Waals surface area (Å²) in [5, 5.41) is 22.9. The van der Waals surface area contributed by atoms with E-state index in [1.807, 2.05) is 13.8 Å². The Morgan fingerprint density at radius 3 is 2.67 bits per heavy atom. The van der Waals surface area contributed by atoms with Crippen molar-refractivity contribution in [2.24, 2.45) is 11.8 Å². The number of hydrogen-bond donors (Lipinski definition) is 2. The van der Waals surface area contributed by atoms with Crippen molar-refractivity contribution in [2.75, 3.05) is 11.9 Å². The smallest absolute Gasteiger partial charge is 0.303 e. The fourth-order valence-electron chi connectivity index (χ4n) is 2.22. The molecule has 0 aromatic heterocycles. The van der Waals surface area contributed by atoms with E-state index in [2.05, 4.69) is 21.2 Å². The number of nitro benzene ring substituents is 1. The van der Waals surface area contributed by atoms with Crippen LogP contribution in [-0.2, 0) is 4.79 Å². The number of anilines is 1. The second-order valence-corrected chi connectivity index (χ2v) is 6.31. The number of halogens is 1. The molecule has 6 nitrogen and oxygen atoms in total. The first-order valence-corrected chi connectivity index (χ1v) is 7.48. The van der Waals surface area contributed by atoms with Gasteiger partial charge in [0.2, 0.25) is 0 Å². The maximum absolute atomic E-state index is 11.0. The van der Waals surface area contributed by atoms with Gasteiger partial charge in [0.05, 0.1) is 4.92 Å². The third-order valence-electron chi connectivity index (χ3n) is 3.00. The van der Waals surface area contributed by atoms with Crippen LogP contribution in [0.5, 0.6) is 0 Å². The Morgan fingerprint density at radius 2 is 2.14 bits per heavy atom. The van der Waals surface area contributed by atoms with Crippen molar-refractivity contribution >= 4 is 33.3 Å². The lowest BCUT2D eigenvalue weighted by Gasteiger charge is -2.18. The van der Waals surface area contributed by atoms with Gasteiger partial charge in [-0.15, -0.1) is 0 Å². The summed E-state index contributed by atoms with van der Waals surface area (Å²) < 4.78 is 0.731. The number of rotatable bonds is 8. The summed E-state index contributed by atoms with van der Waals surface area (Å²) in [5.41, 5.74) is 0.380. The first-order valence-electron chi connectivity index (χ1n) is 6.69. The summed E-state index contributed by atoms with van der Waals surface area (Å²) in [6.07, 6.45) is 0.800. The number of aliphatic carboxylic acids is 1. The third-order valence-corrected chi connectivity index (χ3v) is 3.50. The molecule has 0 aliphatic heterocycles. The van der Waals surface area contributed by atoms with Gasteiger partial charge in [0.25, 0.3) is 5.69 Å². The molecule has 0 aliphatic carbocycles. The molecule has 0 heterocycles. The lowest BCUT2D eigenvalue weighted by molar-refractivity contribution is -0.384. The molecule has 0 saturated heterocycles. The predicted octanol–water partition coefficient (Wildman–Crippen LogP) is 3.91. The predicted molar refractivity (Wildman–Crippen MR) is 84.5 cm³/mol. The molecule has 0 radical (unpaired) electrons. The first-order chi connectivity index (χ1) is 9.79. The fraction of sp³-hybridized carbons (Fsp3) is 0.500. The van der Waals surface area contributed by atoms with Crippen LogP contribution in [0.1, 0.15) is 26.7 Å². The molecule has 0 spiro atoms. The highest BCUT2D eigenvalue weighted by atomic mass is 79.9. The Morgan fingerprint density at radius 1 is 1.48 bits per heavy atom. The van der Waals surface area contributed by atoms with Crippen LogP contribution in [0.3, 0.4) is 0 Å². The SMILES string of the molecule is CC(C)CC(CNc1cc(Br)ccc1[N+](=O)[O-])CC(=O)O. The van der Waals surface area contributed by atoms with E-state index in [9.17, 15) is 14.9 Å². The van der Waals surface area contributed by atoms with Gasteiger partial charge in [0, 0.05) is 23.5 Å². The number of carboxylic acid groups (broad SMARTS) is 1. The summed E-state index contributed by atoms with van der Waals surface area (Å²) in [4.78, 5) is 21.4. The molecule has 0 saturated carbocycles. The van der Waals surface area contributed by atoms with Crippen molar-refractivity contribution in [1.29, 1.82) is 0 Å². The second kappa shape index (κ2) is 7.97. The van der Waals surface area contributed by atoms with Gasteiger partial charge in [-0.2, -0.15) is 0 Å². The number of hydrogen-bond acceptors (Lipinski definition) is 4. The van der Waals surface area contributed by atoms with Gasteiger partial charge in [-0.1, -0.05) is 29.8 Å². The highest BCUT2D eigenvalue weighted by Gasteiger charge is 2.18. The molecule has 1 unspecified atom stereocenters. The van der Waals surface area contributed by atoms with Crippen molar-refractivity contribution < 1.29 is 14.8 Å². The molecular formula is C14H19BrN2O4. The summed E-state index contributed by atoms with van der Waals surface area (Å²) in [6.45, 7) is 4.44. The molecule has 1 aromatic carbocycles. The standard InChI is InChI=1S/C14H19BrN2O4/c1-9(2)5-10(6-14(18)19)8-16-12-7-11(15)3-4-13(12)17(20)21/h3-4,7,9-10,16H,5-6,8H2,1-2H3,(H,18,19). The van der Waals surface area contributed by atoms with E-state index in [4.69, 9.17) is 5.11 Å². The van der Waals surface area contributed by atoms with Crippen LogP contribution in [0.2, 0.25) is 0 Å². The zero-order chi connectivity index (χ0) is 16.0.